The molecule has 0 heterocycles. The molecule has 0 aliphatic heterocycles. The minimum atomic E-state index is -1.43. The molecule has 3 heteroatoms. The predicted octanol–water partition coefficient (Wildman–Crippen LogP) is 5.97. The number of thioether (sulfide) groups is 1. The fourth-order valence-electron chi connectivity index (χ4n) is 2.26. The Balaban J connectivity index is 2.12. The van der Waals surface area contributed by atoms with Crippen LogP contribution in [-0.2, 0) is 0 Å². The van der Waals surface area contributed by atoms with Crippen LogP contribution >= 0.6 is 11.8 Å². The van der Waals surface area contributed by atoms with Gasteiger partial charge in [0.25, 0.3) is 0 Å². The normalized spacial score (nSPS) is 13.9. The summed E-state index contributed by atoms with van der Waals surface area (Å²) in [6.07, 6.45) is 2.48. The summed E-state index contributed by atoms with van der Waals surface area (Å²) < 4.78 is 1.43. The maximum Gasteiger partial charge on any atom is 0.0857 e. The fraction of sp³-hybridized carbons (Fsp3) is 0.300. The van der Waals surface area contributed by atoms with Crippen molar-refractivity contribution < 1.29 is 5.11 Å². The van der Waals surface area contributed by atoms with Gasteiger partial charge in [0.05, 0.1) is 14.2 Å². The number of aryl methyl sites for hydroxylation is 1. The van der Waals surface area contributed by atoms with Crippen LogP contribution in [-0.4, -0.2) is 13.2 Å². The Morgan fingerprint density at radius 2 is 1.65 bits per heavy atom. The molecule has 1 nitrogen and oxygen atoms in total. The Labute approximate surface area is 145 Å². The van der Waals surface area contributed by atoms with E-state index in [9.17, 15) is 5.11 Å². The van der Waals surface area contributed by atoms with Gasteiger partial charge in [0, 0.05) is 4.90 Å². The maximum absolute atomic E-state index is 10.5. The Hall–Kier alpha value is -1.29. The second kappa shape index (κ2) is 8.00. The lowest BCUT2D eigenvalue weighted by Crippen LogP contribution is -2.22. The Kier molecular flexibility index (Phi) is 6.28. The van der Waals surface area contributed by atoms with Gasteiger partial charge in [-0.2, -0.15) is 0 Å². The van der Waals surface area contributed by atoms with E-state index in [0.717, 1.165) is 5.56 Å². The van der Waals surface area contributed by atoms with E-state index in [-0.39, 0.29) is 0 Å². The van der Waals surface area contributed by atoms with Gasteiger partial charge in [0.15, 0.2) is 0 Å². The van der Waals surface area contributed by atoms with E-state index in [1.54, 1.807) is 0 Å². The molecule has 0 bridgehead atoms. The number of hydrogen-bond donors (Lipinski definition) is 1. The molecule has 2 rings (SSSR count). The fourth-order valence-corrected chi connectivity index (χ4v) is 5.30. The number of aliphatic hydroxyl groups is 1. The first kappa shape index (κ1) is 18.1. The second-order valence-electron chi connectivity index (χ2n) is 6.90. The molecule has 2 aromatic carbocycles. The largest absolute Gasteiger partial charge is 0.388 e. The van der Waals surface area contributed by atoms with E-state index in [2.05, 4.69) is 69.0 Å². The van der Waals surface area contributed by atoms with Gasteiger partial charge in [-0.3, -0.25) is 0 Å². The maximum atomic E-state index is 10.5. The van der Waals surface area contributed by atoms with E-state index in [0.29, 0.717) is 6.42 Å². The molecule has 0 aliphatic carbocycles. The van der Waals surface area contributed by atoms with Gasteiger partial charge in [0.2, 0.25) is 0 Å². The van der Waals surface area contributed by atoms with Crippen LogP contribution in [0.25, 0.3) is 0 Å². The summed E-state index contributed by atoms with van der Waals surface area (Å²) in [5.41, 5.74) is 2.21. The van der Waals surface area contributed by atoms with Crippen LogP contribution in [0, 0.1) is 6.92 Å². The summed E-state index contributed by atoms with van der Waals surface area (Å²) in [6, 6.07) is 18.6. The van der Waals surface area contributed by atoms with Crippen molar-refractivity contribution in [3.8, 4) is 0 Å². The molecule has 23 heavy (non-hydrogen) atoms. The minimum Gasteiger partial charge on any atom is -0.388 e. The third-order valence-electron chi connectivity index (χ3n) is 3.70. The Bertz CT molecular complexity index is 642. The van der Waals surface area contributed by atoms with Gasteiger partial charge >= 0.3 is 0 Å². The molecule has 0 fully saturated rings. The summed E-state index contributed by atoms with van der Waals surface area (Å²) in [5.74, 6) is 0. The molecule has 0 amide bonds. The molecule has 1 unspecified atom stereocenters. The van der Waals surface area contributed by atoms with Gasteiger partial charge in [-0.15, -0.1) is 0 Å². The molecular formula is C20H26OSSi. The lowest BCUT2D eigenvalue weighted by molar-refractivity contribution is 0.181. The van der Waals surface area contributed by atoms with Crippen molar-refractivity contribution in [3.05, 3.63) is 76.3 Å². The highest BCUT2D eigenvalue weighted by molar-refractivity contribution is 8.05. The first-order valence-corrected chi connectivity index (χ1v) is 12.4. The molecule has 122 valence electrons. The molecule has 0 saturated heterocycles. The number of benzene rings is 2. The van der Waals surface area contributed by atoms with Crippen molar-refractivity contribution in [2.24, 2.45) is 0 Å². The molecule has 0 radical (unpaired) electrons. The third kappa shape index (κ3) is 5.68. The number of rotatable bonds is 6. The summed E-state index contributed by atoms with van der Waals surface area (Å²) in [5, 5.41) is 10.5. The highest BCUT2D eigenvalue weighted by Gasteiger charge is 2.21. The van der Waals surface area contributed by atoms with Gasteiger partial charge in [-0.1, -0.05) is 85.5 Å². The summed E-state index contributed by atoms with van der Waals surface area (Å²) >= 11 is 1.85. The van der Waals surface area contributed by atoms with Crippen molar-refractivity contribution in [2.75, 3.05) is 0 Å². The number of aliphatic hydroxyl groups excluding tert-OH is 1. The van der Waals surface area contributed by atoms with E-state index in [4.69, 9.17) is 0 Å². The first-order chi connectivity index (χ1) is 10.9. The molecule has 2 aromatic rings. The molecule has 0 saturated carbocycles. The molecular weight excluding hydrogens is 316 g/mol. The standard InChI is InChI=1S/C20H26OSSi/c1-16-10-12-17(13-11-16)19(21)14-15-20(23(2,3)4)22-18-8-6-5-7-9-18/h5-13,15,19,21H,14H2,1-4H3/b20-15+. The quantitative estimate of drug-likeness (QED) is 0.515. The summed E-state index contributed by atoms with van der Waals surface area (Å²) in [4.78, 5) is 1.27. The van der Waals surface area contributed by atoms with E-state index in [1.807, 2.05) is 30.0 Å². The van der Waals surface area contributed by atoms with Crippen LogP contribution in [0.4, 0.5) is 0 Å². The molecule has 0 aromatic heterocycles. The Morgan fingerprint density at radius 1 is 1.04 bits per heavy atom. The third-order valence-corrected chi connectivity index (χ3v) is 8.42. The second-order valence-corrected chi connectivity index (χ2v) is 13.4. The highest BCUT2D eigenvalue weighted by Crippen LogP contribution is 2.34. The van der Waals surface area contributed by atoms with Gasteiger partial charge in [-0.25, -0.2) is 0 Å². The van der Waals surface area contributed by atoms with Crippen molar-refractivity contribution in [1.29, 1.82) is 0 Å². The van der Waals surface area contributed by atoms with Crippen LogP contribution in [0.3, 0.4) is 0 Å². The molecule has 0 spiro atoms. The first-order valence-electron chi connectivity index (χ1n) is 8.04. The SMILES string of the molecule is Cc1ccc(C(O)C/C=C(\Sc2ccccc2)[Si](C)(C)C)cc1. The van der Waals surface area contributed by atoms with Crippen molar-refractivity contribution in [1.82, 2.24) is 0 Å². The lowest BCUT2D eigenvalue weighted by Gasteiger charge is -2.21. The summed E-state index contributed by atoms with van der Waals surface area (Å²) in [6.45, 7) is 9.13. The summed E-state index contributed by atoms with van der Waals surface area (Å²) in [7, 11) is -1.43. The highest BCUT2D eigenvalue weighted by atomic mass is 32.2. The van der Waals surface area contributed by atoms with Crippen molar-refractivity contribution in [2.45, 2.75) is 44.0 Å². The van der Waals surface area contributed by atoms with E-state index < -0.39 is 14.2 Å². The van der Waals surface area contributed by atoms with Gasteiger partial charge in [0.1, 0.15) is 0 Å². The van der Waals surface area contributed by atoms with Crippen molar-refractivity contribution in [3.63, 3.8) is 0 Å². The van der Waals surface area contributed by atoms with Gasteiger partial charge in [-0.05, 0) is 35.6 Å². The topological polar surface area (TPSA) is 20.2 Å². The monoisotopic (exact) mass is 342 g/mol. The minimum absolute atomic E-state index is 0.432. The average Bonchev–Trinajstić information content (AvgIpc) is 2.51. The molecule has 1 N–H and O–H groups in total. The predicted molar refractivity (Wildman–Crippen MR) is 104 cm³/mol. The lowest BCUT2D eigenvalue weighted by atomic mass is 10.1. The number of hydrogen-bond acceptors (Lipinski definition) is 2. The van der Waals surface area contributed by atoms with Crippen LogP contribution in [0.5, 0.6) is 0 Å². The van der Waals surface area contributed by atoms with Crippen molar-refractivity contribution >= 4 is 19.8 Å². The zero-order chi connectivity index (χ0) is 16.9. The Morgan fingerprint density at radius 3 is 2.22 bits per heavy atom. The van der Waals surface area contributed by atoms with E-state index >= 15 is 0 Å². The average molecular weight is 343 g/mol. The van der Waals surface area contributed by atoms with Crippen LogP contribution < -0.4 is 0 Å². The smallest absolute Gasteiger partial charge is 0.0857 e. The van der Waals surface area contributed by atoms with Crippen LogP contribution in [0.1, 0.15) is 23.7 Å². The van der Waals surface area contributed by atoms with Crippen LogP contribution in [0.2, 0.25) is 19.6 Å². The van der Waals surface area contributed by atoms with E-state index in [1.165, 1.54) is 15.0 Å². The van der Waals surface area contributed by atoms with Gasteiger partial charge < -0.3 is 5.11 Å². The van der Waals surface area contributed by atoms with Crippen LogP contribution in [0.15, 0.2) is 70.1 Å². The molecule has 0 aliphatic rings. The molecule has 1 atom stereocenters. The zero-order valence-corrected chi connectivity index (χ0v) is 16.2. The zero-order valence-electron chi connectivity index (χ0n) is 14.4.